The van der Waals surface area contributed by atoms with E-state index in [-0.39, 0.29) is 11.8 Å². The number of para-hydroxylation sites is 1. The molecule has 0 atom stereocenters. The van der Waals surface area contributed by atoms with Gasteiger partial charge in [-0.1, -0.05) is 24.3 Å². The molecule has 5 heteroatoms. The highest BCUT2D eigenvalue weighted by atomic mass is 19.1. The highest BCUT2D eigenvalue weighted by Gasteiger charge is 2.51. The van der Waals surface area contributed by atoms with Crippen LogP contribution >= 0.6 is 0 Å². The standard InChI is InChI=1S/C20H19FN2O2/c1-22-17-8-3-2-7-16(17)20(19(22)25)9-11-23(12-10-20)18(24)14-5-4-6-15(21)13-14/h2-8,13H,9-12H2,1H3. The van der Waals surface area contributed by atoms with Crippen molar-refractivity contribution >= 4 is 17.5 Å². The van der Waals surface area contributed by atoms with Crippen LogP contribution in [-0.2, 0) is 10.2 Å². The first kappa shape index (κ1) is 15.8. The normalized spacial score (nSPS) is 18.6. The second-order valence-corrected chi connectivity index (χ2v) is 6.77. The number of hydrogen-bond acceptors (Lipinski definition) is 2. The van der Waals surface area contributed by atoms with E-state index in [1.54, 1.807) is 29.0 Å². The van der Waals surface area contributed by atoms with Gasteiger partial charge in [0.05, 0.1) is 5.41 Å². The Bertz CT molecular complexity index is 856. The van der Waals surface area contributed by atoms with Crippen molar-refractivity contribution in [1.29, 1.82) is 0 Å². The molecule has 25 heavy (non-hydrogen) atoms. The Labute approximate surface area is 145 Å². The number of carbonyl (C=O) groups is 2. The SMILES string of the molecule is CN1C(=O)C2(CCN(C(=O)c3cccc(F)c3)CC2)c2ccccc21. The van der Waals surface area contributed by atoms with Crippen molar-refractivity contribution in [2.75, 3.05) is 25.0 Å². The number of anilines is 1. The van der Waals surface area contributed by atoms with E-state index in [1.165, 1.54) is 12.1 Å². The molecule has 2 heterocycles. The fraction of sp³-hybridized carbons (Fsp3) is 0.300. The van der Waals surface area contributed by atoms with Crippen LogP contribution in [0, 0.1) is 5.82 Å². The Morgan fingerprint density at radius 1 is 1.08 bits per heavy atom. The molecular formula is C20H19FN2O2. The molecular weight excluding hydrogens is 319 g/mol. The zero-order chi connectivity index (χ0) is 17.6. The monoisotopic (exact) mass is 338 g/mol. The van der Waals surface area contributed by atoms with Crippen molar-refractivity contribution in [2.45, 2.75) is 18.3 Å². The maximum absolute atomic E-state index is 13.4. The van der Waals surface area contributed by atoms with Crippen LogP contribution in [0.15, 0.2) is 48.5 Å². The summed E-state index contributed by atoms with van der Waals surface area (Å²) in [5, 5.41) is 0. The van der Waals surface area contributed by atoms with E-state index in [0.29, 0.717) is 31.5 Å². The summed E-state index contributed by atoms with van der Waals surface area (Å²) in [6.45, 7) is 0.979. The van der Waals surface area contributed by atoms with Gasteiger partial charge >= 0.3 is 0 Å². The molecule has 4 nitrogen and oxygen atoms in total. The molecule has 1 fully saturated rings. The van der Waals surface area contributed by atoms with Crippen molar-refractivity contribution in [2.24, 2.45) is 0 Å². The Balaban J connectivity index is 1.58. The fourth-order valence-electron chi connectivity index (χ4n) is 4.10. The number of hydrogen-bond donors (Lipinski definition) is 0. The van der Waals surface area contributed by atoms with Crippen molar-refractivity contribution < 1.29 is 14.0 Å². The van der Waals surface area contributed by atoms with Crippen molar-refractivity contribution in [3.8, 4) is 0 Å². The van der Waals surface area contributed by atoms with Gasteiger partial charge in [0.15, 0.2) is 0 Å². The van der Waals surface area contributed by atoms with Crippen LogP contribution in [-0.4, -0.2) is 36.9 Å². The van der Waals surface area contributed by atoms with Gasteiger partial charge in [0.25, 0.3) is 5.91 Å². The summed E-state index contributed by atoms with van der Waals surface area (Å²) in [5.74, 6) is -0.492. The summed E-state index contributed by atoms with van der Waals surface area (Å²) in [6, 6.07) is 13.6. The van der Waals surface area contributed by atoms with Gasteiger partial charge in [0.2, 0.25) is 5.91 Å². The van der Waals surface area contributed by atoms with Gasteiger partial charge in [0.1, 0.15) is 5.82 Å². The van der Waals surface area contributed by atoms with Crippen molar-refractivity contribution in [3.05, 3.63) is 65.5 Å². The Morgan fingerprint density at radius 3 is 2.52 bits per heavy atom. The third-order valence-corrected chi connectivity index (χ3v) is 5.47. The quantitative estimate of drug-likeness (QED) is 0.802. The van der Waals surface area contributed by atoms with E-state index in [0.717, 1.165) is 11.3 Å². The number of piperidine rings is 1. The van der Waals surface area contributed by atoms with Gasteiger partial charge in [0, 0.05) is 31.4 Å². The predicted octanol–water partition coefficient (Wildman–Crippen LogP) is 2.98. The molecule has 2 aliphatic heterocycles. The largest absolute Gasteiger partial charge is 0.339 e. The molecule has 128 valence electrons. The maximum atomic E-state index is 13.4. The van der Waals surface area contributed by atoms with Crippen LogP contribution in [0.4, 0.5) is 10.1 Å². The number of rotatable bonds is 1. The zero-order valence-electron chi connectivity index (χ0n) is 14.0. The summed E-state index contributed by atoms with van der Waals surface area (Å²) in [5.41, 5.74) is 1.83. The predicted molar refractivity (Wildman–Crippen MR) is 93.1 cm³/mol. The summed E-state index contributed by atoms with van der Waals surface area (Å²) in [6.07, 6.45) is 1.18. The first-order valence-electron chi connectivity index (χ1n) is 8.45. The average Bonchev–Trinajstić information content (AvgIpc) is 2.85. The highest BCUT2D eigenvalue weighted by molar-refractivity contribution is 6.08. The molecule has 0 unspecified atom stereocenters. The molecule has 2 amide bonds. The molecule has 2 aliphatic rings. The molecule has 2 aromatic rings. The fourth-order valence-corrected chi connectivity index (χ4v) is 4.10. The second-order valence-electron chi connectivity index (χ2n) is 6.77. The Morgan fingerprint density at radius 2 is 1.80 bits per heavy atom. The Kier molecular flexibility index (Phi) is 3.60. The topological polar surface area (TPSA) is 40.6 Å². The first-order chi connectivity index (χ1) is 12.0. The molecule has 0 bridgehead atoms. The molecule has 2 aromatic carbocycles. The van der Waals surface area contributed by atoms with Crippen LogP contribution < -0.4 is 4.90 Å². The number of likely N-dealkylation sites (N-methyl/N-ethyl adjacent to an activating group) is 1. The molecule has 0 aliphatic carbocycles. The minimum absolute atomic E-state index is 0.103. The molecule has 0 saturated carbocycles. The maximum Gasteiger partial charge on any atom is 0.253 e. The lowest BCUT2D eigenvalue weighted by Gasteiger charge is -2.38. The number of amides is 2. The molecule has 0 N–H and O–H groups in total. The van der Waals surface area contributed by atoms with E-state index in [2.05, 4.69) is 0 Å². The van der Waals surface area contributed by atoms with Crippen molar-refractivity contribution in [3.63, 3.8) is 0 Å². The summed E-state index contributed by atoms with van der Waals surface area (Å²) >= 11 is 0. The van der Waals surface area contributed by atoms with Gasteiger partial charge in [-0.15, -0.1) is 0 Å². The molecule has 0 aromatic heterocycles. The number of fused-ring (bicyclic) bond motifs is 2. The molecule has 1 saturated heterocycles. The number of halogens is 1. The second kappa shape index (κ2) is 5.69. The summed E-state index contributed by atoms with van der Waals surface area (Å²) in [4.78, 5) is 29.0. The molecule has 4 rings (SSSR count). The lowest BCUT2D eigenvalue weighted by Crippen LogP contribution is -2.49. The third-order valence-electron chi connectivity index (χ3n) is 5.47. The van der Waals surface area contributed by atoms with Crippen molar-refractivity contribution in [1.82, 2.24) is 4.90 Å². The molecule has 0 radical (unpaired) electrons. The first-order valence-corrected chi connectivity index (χ1v) is 8.45. The third kappa shape index (κ3) is 2.34. The number of likely N-dealkylation sites (tertiary alicyclic amines) is 1. The van der Waals surface area contributed by atoms with Gasteiger partial charge in [-0.25, -0.2) is 4.39 Å². The minimum atomic E-state index is -0.538. The summed E-state index contributed by atoms with van der Waals surface area (Å²) in [7, 11) is 1.81. The van der Waals surface area contributed by atoms with Gasteiger partial charge in [-0.3, -0.25) is 9.59 Å². The Hall–Kier alpha value is -2.69. The lowest BCUT2D eigenvalue weighted by molar-refractivity contribution is -0.124. The van der Waals surface area contributed by atoms with Crippen LogP contribution in [0.25, 0.3) is 0 Å². The number of benzene rings is 2. The lowest BCUT2D eigenvalue weighted by atomic mass is 9.73. The average molecular weight is 338 g/mol. The van der Waals surface area contributed by atoms with Crippen LogP contribution in [0.2, 0.25) is 0 Å². The van der Waals surface area contributed by atoms with Crippen LogP contribution in [0.1, 0.15) is 28.8 Å². The minimum Gasteiger partial charge on any atom is -0.339 e. The summed E-state index contributed by atoms with van der Waals surface area (Å²) < 4.78 is 13.4. The smallest absolute Gasteiger partial charge is 0.253 e. The number of nitrogens with zero attached hydrogens (tertiary/aromatic N) is 2. The van der Waals surface area contributed by atoms with Crippen LogP contribution in [0.3, 0.4) is 0 Å². The molecule has 1 spiro atoms. The van der Waals surface area contributed by atoms with E-state index >= 15 is 0 Å². The van der Waals surface area contributed by atoms with E-state index < -0.39 is 11.2 Å². The number of carbonyl (C=O) groups excluding carboxylic acids is 2. The van der Waals surface area contributed by atoms with Gasteiger partial charge < -0.3 is 9.80 Å². The van der Waals surface area contributed by atoms with Gasteiger partial charge in [-0.2, -0.15) is 0 Å². The van der Waals surface area contributed by atoms with Crippen LogP contribution in [0.5, 0.6) is 0 Å². The van der Waals surface area contributed by atoms with E-state index in [1.807, 2.05) is 24.3 Å². The van der Waals surface area contributed by atoms with E-state index in [4.69, 9.17) is 0 Å². The van der Waals surface area contributed by atoms with E-state index in [9.17, 15) is 14.0 Å². The van der Waals surface area contributed by atoms with Gasteiger partial charge in [-0.05, 0) is 42.7 Å². The zero-order valence-corrected chi connectivity index (χ0v) is 14.0. The highest BCUT2D eigenvalue weighted by Crippen LogP contribution is 2.47.